The molecule has 0 radical (unpaired) electrons. The molecule has 1 heterocycles. The molecule has 1 saturated heterocycles. The quantitative estimate of drug-likeness (QED) is 0.489. The van der Waals surface area contributed by atoms with Crippen molar-refractivity contribution in [2.45, 2.75) is 44.8 Å². The van der Waals surface area contributed by atoms with Gasteiger partial charge in [0.05, 0.1) is 28.3 Å². The molecule has 0 spiro atoms. The third-order valence-corrected chi connectivity index (χ3v) is 8.39. The molecule has 3 rings (SSSR count). The number of rotatable bonds is 8. The van der Waals surface area contributed by atoms with E-state index < -0.39 is 10.0 Å². The Labute approximate surface area is 212 Å². The van der Waals surface area contributed by atoms with E-state index in [2.05, 4.69) is 26.1 Å². The molecule has 1 aliphatic heterocycles. The van der Waals surface area contributed by atoms with Crippen LogP contribution in [0.15, 0.2) is 42.5 Å². The van der Waals surface area contributed by atoms with E-state index in [9.17, 15) is 13.2 Å². The average molecular weight is 528 g/mol. The minimum absolute atomic E-state index is 0.0474. The highest BCUT2D eigenvalue weighted by Crippen LogP contribution is 2.31. The van der Waals surface area contributed by atoms with Gasteiger partial charge in [0, 0.05) is 13.1 Å². The molecule has 1 fully saturated rings. The Kier molecular flexibility index (Phi) is 8.90. The zero-order valence-corrected chi connectivity index (χ0v) is 22.1. The molecule has 1 atom stereocenters. The van der Waals surface area contributed by atoms with Gasteiger partial charge in [0.15, 0.2) is 0 Å². The fourth-order valence-electron chi connectivity index (χ4n) is 4.03. The number of para-hydroxylation sites is 1. The Bertz CT molecular complexity index is 1120. The molecule has 2 aromatic rings. The number of nitrogens with one attached hydrogen (secondary N) is 1. The lowest BCUT2D eigenvalue weighted by Gasteiger charge is -2.31. The van der Waals surface area contributed by atoms with Gasteiger partial charge < -0.3 is 10.1 Å². The molecule has 186 valence electrons. The van der Waals surface area contributed by atoms with Crippen LogP contribution >= 0.6 is 23.2 Å². The van der Waals surface area contributed by atoms with Gasteiger partial charge in [-0.15, -0.1) is 0 Å². The Morgan fingerprint density at radius 3 is 2.59 bits per heavy atom. The second-order valence-electron chi connectivity index (χ2n) is 9.59. The van der Waals surface area contributed by atoms with Crippen molar-refractivity contribution in [2.75, 3.05) is 26.2 Å². The summed E-state index contributed by atoms with van der Waals surface area (Å²) in [6.45, 7) is 7.64. The molecule has 1 aliphatic rings. The maximum absolute atomic E-state index is 12.9. The van der Waals surface area contributed by atoms with Gasteiger partial charge in [-0.2, -0.15) is 0 Å². The number of sulfonamides is 1. The van der Waals surface area contributed by atoms with Crippen molar-refractivity contribution in [1.82, 2.24) is 9.62 Å². The Morgan fingerprint density at radius 1 is 1.15 bits per heavy atom. The van der Waals surface area contributed by atoms with Crippen LogP contribution in [0.2, 0.25) is 10.0 Å². The minimum atomic E-state index is -3.59. The molecule has 6 nitrogen and oxygen atoms in total. The van der Waals surface area contributed by atoms with Crippen molar-refractivity contribution in [3.63, 3.8) is 0 Å². The molecule has 34 heavy (non-hydrogen) atoms. The first-order chi connectivity index (χ1) is 16.0. The van der Waals surface area contributed by atoms with E-state index in [1.807, 2.05) is 24.3 Å². The summed E-state index contributed by atoms with van der Waals surface area (Å²) in [6.07, 6.45) is 1.28. The van der Waals surface area contributed by atoms with Crippen molar-refractivity contribution in [1.29, 1.82) is 0 Å². The van der Waals surface area contributed by atoms with Crippen molar-refractivity contribution in [3.05, 3.63) is 63.6 Å². The maximum Gasteiger partial charge on any atom is 0.224 e. The summed E-state index contributed by atoms with van der Waals surface area (Å²) < 4.78 is 33.2. The number of ether oxygens (including phenoxy) is 1. The highest BCUT2D eigenvalue weighted by molar-refractivity contribution is 7.88. The number of carbonyl (C=O) groups excluding carboxylic acids is 1. The van der Waals surface area contributed by atoms with Crippen LogP contribution in [-0.2, 0) is 26.0 Å². The molecule has 2 aromatic carbocycles. The number of piperidine rings is 1. The summed E-state index contributed by atoms with van der Waals surface area (Å²) in [5, 5.41) is 3.59. The molecule has 1 N–H and O–H groups in total. The van der Waals surface area contributed by atoms with Crippen molar-refractivity contribution in [2.24, 2.45) is 5.92 Å². The number of halogens is 2. The van der Waals surface area contributed by atoms with Crippen LogP contribution < -0.4 is 10.1 Å². The zero-order chi connectivity index (χ0) is 24.9. The lowest BCUT2D eigenvalue weighted by atomic mass is 9.86. The van der Waals surface area contributed by atoms with E-state index in [4.69, 9.17) is 27.9 Å². The van der Waals surface area contributed by atoms with E-state index >= 15 is 0 Å². The van der Waals surface area contributed by atoms with Gasteiger partial charge in [-0.1, -0.05) is 68.2 Å². The number of hydrogen-bond donors (Lipinski definition) is 1. The van der Waals surface area contributed by atoms with Crippen LogP contribution in [0.3, 0.4) is 0 Å². The molecular formula is C25H32Cl2N2O4S. The number of carbonyl (C=O) groups is 1. The Balaban J connectivity index is 1.52. The van der Waals surface area contributed by atoms with Crippen molar-refractivity contribution < 1.29 is 17.9 Å². The number of amides is 1. The fourth-order valence-corrected chi connectivity index (χ4v) is 5.95. The van der Waals surface area contributed by atoms with Crippen LogP contribution in [-0.4, -0.2) is 44.9 Å². The summed E-state index contributed by atoms with van der Waals surface area (Å²) in [5.74, 6) is 0.0852. The predicted molar refractivity (Wildman–Crippen MR) is 137 cm³/mol. The van der Waals surface area contributed by atoms with E-state index in [1.54, 1.807) is 18.2 Å². The molecule has 0 aromatic heterocycles. The van der Waals surface area contributed by atoms with Gasteiger partial charge in [0.25, 0.3) is 0 Å². The lowest BCUT2D eigenvalue weighted by Crippen LogP contribution is -2.46. The SMILES string of the molecule is CC(C)(C)c1ccccc1OCCNC(=O)[C@@H]1CCCN(S(=O)(=O)Cc2ccc(Cl)c(Cl)c2)C1. The van der Waals surface area contributed by atoms with Gasteiger partial charge in [-0.25, -0.2) is 12.7 Å². The van der Waals surface area contributed by atoms with Crippen LogP contribution in [0.5, 0.6) is 5.75 Å². The van der Waals surface area contributed by atoms with Crippen LogP contribution in [0.25, 0.3) is 0 Å². The van der Waals surface area contributed by atoms with E-state index in [0.717, 1.165) is 11.3 Å². The average Bonchev–Trinajstić information content (AvgIpc) is 2.78. The number of benzene rings is 2. The van der Waals surface area contributed by atoms with Crippen LogP contribution in [0, 0.1) is 5.92 Å². The zero-order valence-electron chi connectivity index (χ0n) is 19.8. The molecule has 0 unspecified atom stereocenters. The number of hydrogen-bond acceptors (Lipinski definition) is 4. The van der Waals surface area contributed by atoms with E-state index in [-0.39, 0.29) is 29.5 Å². The highest BCUT2D eigenvalue weighted by Gasteiger charge is 2.32. The fraction of sp³-hybridized carbons (Fsp3) is 0.480. The molecule has 9 heteroatoms. The first-order valence-electron chi connectivity index (χ1n) is 11.4. The smallest absolute Gasteiger partial charge is 0.224 e. The second-order valence-corrected chi connectivity index (χ2v) is 12.4. The minimum Gasteiger partial charge on any atom is -0.491 e. The molecule has 1 amide bonds. The molecule has 0 saturated carbocycles. The van der Waals surface area contributed by atoms with Gasteiger partial charge in [-0.3, -0.25) is 4.79 Å². The first kappa shape index (κ1) is 26.8. The predicted octanol–water partition coefficient (Wildman–Crippen LogP) is 5.03. The third-order valence-electron chi connectivity index (χ3n) is 5.84. The van der Waals surface area contributed by atoms with Gasteiger partial charge in [0.2, 0.25) is 15.9 Å². The van der Waals surface area contributed by atoms with E-state index in [0.29, 0.717) is 48.1 Å². The summed E-state index contributed by atoms with van der Waals surface area (Å²) in [7, 11) is -3.59. The van der Waals surface area contributed by atoms with Gasteiger partial charge in [0.1, 0.15) is 12.4 Å². The summed E-state index contributed by atoms with van der Waals surface area (Å²) in [4.78, 5) is 12.7. The standard InChI is InChI=1S/C25H32Cl2N2O4S/c1-25(2,3)20-8-4-5-9-23(20)33-14-12-28-24(30)19-7-6-13-29(16-19)34(31,32)17-18-10-11-21(26)22(27)15-18/h4-5,8-11,15,19H,6-7,12-14,16-17H2,1-3H3,(H,28,30)/t19-/m1/s1. The maximum atomic E-state index is 12.9. The third kappa shape index (κ3) is 7.11. The van der Waals surface area contributed by atoms with E-state index in [1.165, 1.54) is 4.31 Å². The lowest BCUT2D eigenvalue weighted by molar-refractivity contribution is -0.126. The van der Waals surface area contributed by atoms with Crippen LogP contribution in [0.1, 0.15) is 44.7 Å². The summed E-state index contributed by atoms with van der Waals surface area (Å²) in [6, 6.07) is 12.7. The van der Waals surface area contributed by atoms with Gasteiger partial charge >= 0.3 is 0 Å². The van der Waals surface area contributed by atoms with Gasteiger partial charge in [-0.05, 0) is 47.6 Å². The molecule has 0 bridgehead atoms. The largest absolute Gasteiger partial charge is 0.491 e. The molecule has 0 aliphatic carbocycles. The monoisotopic (exact) mass is 526 g/mol. The normalized spacial score (nSPS) is 17.4. The highest BCUT2D eigenvalue weighted by atomic mass is 35.5. The second kappa shape index (κ2) is 11.3. The number of nitrogens with zero attached hydrogens (tertiary/aromatic N) is 1. The first-order valence-corrected chi connectivity index (χ1v) is 13.8. The van der Waals surface area contributed by atoms with Crippen molar-refractivity contribution >= 4 is 39.1 Å². The van der Waals surface area contributed by atoms with Crippen LogP contribution in [0.4, 0.5) is 0 Å². The summed E-state index contributed by atoms with van der Waals surface area (Å²) >= 11 is 11.9. The Morgan fingerprint density at radius 2 is 1.88 bits per heavy atom. The Hall–Kier alpha value is -1.80. The van der Waals surface area contributed by atoms with Crippen molar-refractivity contribution in [3.8, 4) is 5.75 Å². The summed E-state index contributed by atoms with van der Waals surface area (Å²) in [5.41, 5.74) is 1.62. The molecular weight excluding hydrogens is 495 g/mol. The topological polar surface area (TPSA) is 75.7 Å².